The van der Waals surface area contributed by atoms with Crippen LogP contribution in [0.5, 0.6) is 5.75 Å². The molecular formula is C35H45F2O6S2+. The summed E-state index contributed by atoms with van der Waals surface area (Å²) in [4.78, 5) is 3.00. The molecule has 0 bridgehead atoms. The number of benzene rings is 3. The molecular weight excluding hydrogens is 619 g/mol. The molecule has 3 aromatic rings. The van der Waals surface area contributed by atoms with Crippen LogP contribution in [-0.4, -0.2) is 36.5 Å². The topological polar surface area (TPSA) is 82.1 Å². The number of alkyl halides is 2. The van der Waals surface area contributed by atoms with E-state index in [0.717, 1.165) is 27.2 Å². The maximum absolute atomic E-state index is 14.1. The van der Waals surface area contributed by atoms with Crippen LogP contribution >= 0.6 is 0 Å². The predicted molar refractivity (Wildman–Crippen MR) is 174 cm³/mol. The van der Waals surface area contributed by atoms with Crippen LogP contribution in [0.3, 0.4) is 0 Å². The van der Waals surface area contributed by atoms with Crippen molar-refractivity contribution in [3.05, 3.63) is 83.9 Å². The highest BCUT2D eigenvalue weighted by Gasteiger charge is 2.51. The SMILES string of the molecule is CC1OC(C)(c2ccc([S+](c3ccc(OC(C)C(F)(F)S(=O)(=O)O)cc3)c3ccc(C(C)(C)C)cc3)cc2)OC(C)C(C)C1C. The highest BCUT2D eigenvalue weighted by Crippen LogP contribution is 2.41. The third kappa shape index (κ3) is 7.57. The standard InChI is InChI=1S/C35H44F2O6S2/c1-22-23(2)25(4)43-34(9,42-24(22)3)28-12-18-31(19-13-28)44(30-16-10-27(11-17-30)33(6,7)8)32-20-14-29(15-21-32)41-26(5)35(36,37)45(38,39)40/h10-26H,1-9H3/p+1. The van der Waals surface area contributed by atoms with Gasteiger partial charge in [0.15, 0.2) is 26.6 Å². The summed E-state index contributed by atoms with van der Waals surface area (Å²) in [5.74, 6) is -0.198. The van der Waals surface area contributed by atoms with Crippen molar-refractivity contribution in [3.63, 3.8) is 0 Å². The Kier molecular flexibility index (Phi) is 10.2. The van der Waals surface area contributed by atoms with Gasteiger partial charge in [-0.3, -0.25) is 4.55 Å². The van der Waals surface area contributed by atoms with Crippen LogP contribution < -0.4 is 4.74 Å². The number of hydrogen-bond acceptors (Lipinski definition) is 5. The average Bonchev–Trinajstić information content (AvgIpc) is 3.03. The van der Waals surface area contributed by atoms with E-state index in [1.54, 1.807) is 12.1 Å². The molecule has 10 heteroatoms. The van der Waals surface area contributed by atoms with E-state index in [9.17, 15) is 17.2 Å². The van der Waals surface area contributed by atoms with Crippen molar-refractivity contribution in [3.8, 4) is 5.75 Å². The molecule has 1 aliphatic heterocycles. The van der Waals surface area contributed by atoms with E-state index in [2.05, 4.69) is 84.9 Å². The minimum Gasteiger partial charge on any atom is -0.483 e. The zero-order chi connectivity index (χ0) is 33.5. The Morgan fingerprint density at radius 3 is 1.60 bits per heavy atom. The first-order valence-corrected chi connectivity index (χ1v) is 17.8. The third-order valence-corrected chi connectivity index (χ3v) is 12.1. The molecule has 1 N–H and O–H groups in total. The molecule has 6 nitrogen and oxygen atoms in total. The monoisotopic (exact) mass is 663 g/mol. The molecule has 1 heterocycles. The fraction of sp³-hybridized carbons (Fsp3) is 0.486. The third-order valence-electron chi connectivity index (χ3n) is 8.89. The van der Waals surface area contributed by atoms with Crippen molar-refractivity contribution in [2.75, 3.05) is 0 Å². The largest absolute Gasteiger partial charge is 0.483 e. The zero-order valence-corrected chi connectivity index (χ0v) is 29.0. The van der Waals surface area contributed by atoms with Crippen molar-refractivity contribution in [2.45, 2.75) is 112 Å². The molecule has 0 radical (unpaired) electrons. The quantitative estimate of drug-likeness (QED) is 0.192. The van der Waals surface area contributed by atoms with E-state index < -0.39 is 38.2 Å². The maximum Gasteiger partial charge on any atom is 0.405 e. The minimum absolute atomic E-state index is 0.00599. The zero-order valence-electron chi connectivity index (χ0n) is 27.4. The van der Waals surface area contributed by atoms with Gasteiger partial charge in [-0.25, -0.2) is 0 Å². The second-order valence-electron chi connectivity index (χ2n) is 13.2. The van der Waals surface area contributed by atoms with Crippen LogP contribution in [0.25, 0.3) is 0 Å². The summed E-state index contributed by atoms with van der Waals surface area (Å²) in [7, 11) is -6.21. The van der Waals surface area contributed by atoms with E-state index >= 15 is 0 Å². The molecule has 0 aliphatic carbocycles. The molecule has 3 aromatic carbocycles. The number of rotatable bonds is 8. The lowest BCUT2D eigenvalue weighted by molar-refractivity contribution is -0.260. The molecule has 0 saturated carbocycles. The number of hydrogen-bond donors (Lipinski definition) is 1. The molecule has 4 rings (SSSR count). The van der Waals surface area contributed by atoms with Gasteiger partial charge in [-0.05, 0) is 111 Å². The first kappa shape index (κ1) is 35.4. The number of halogens is 2. The van der Waals surface area contributed by atoms with E-state index in [4.69, 9.17) is 18.8 Å². The van der Waals surface area contributed by atoms with Crippen LogP contribution in [0.2, 0.25) is 0 Å². The smallest absolute Gasteiger partial charge is 0.405 e. The Bertz CT molecular complexity index is 1540. The lowest BCUT2D eigenvalue weighted by Crippen LogP contribution is -2.42. The van der Waals surface area contributed by atoms with Crippen LogP contribution in [0, 0.1) is 11.8 Å². The van der Waals surface area contributed by atoms with Crippen molar-refractivity contribution in [1.29, 1.82) is 0 Å². The number of ether oxygens (including phenoxy) is 3. The second-order valence-corrected chi connectivity index (χ2v) is 16.7. The Hall–Kier alpha value is -2.50. The summed E-state index contributed by atoms with van der Waals surface area (Å²) < 4.78 is 77.7. The summed E-state index contributed by atoms with van der Waals surface area (Å²) in [5, 5.41) is -4.46. The van der Waals surface area contributed by atoms with Gasteiger partial charge in [0, 0.05) is 5.56 Å². The fourth-order valence-corrected chi connectivity index (χ4v) is 7.98. The van der Waals surface area contributed by atoms with Crippen LogP contribution in [0.4, 0.5) is 8.78 Å². The molecule has 1 aliphatic rings. The Balaban J connectivity index is 1.70. The normalized spacial score (nSPS) is 26.1. The molecule has 6 unspecified atom stereocenters. The maximum atomic E-state index is 14.1. The summed E-state index contributed by atoms with van der Waals surface area (Å²) in [5.41, 5.74) is 2.09. The highest BCUT2D eigenvalue weighted by molar-refractivity contribution is 7.97. The van der Waals surface area contributed by atoms with Crippen molar-refractivity contribution < 1.29 is 36.0 Å². The van der Waals surface area contributed by atoms with Gasteiger partial charge in [0.1, 0.15) is 5.75 Å². The molecule has 6 atom stereocenters. The van der Waals surface area contributed by atoms with Crippen LogP contribution in [0.15, 0.2) is 87.5 Å². The summed E-state index contributed by atoms with van der Waals surface area (Å²) >= 11 is 0. The first-order chi connectivity index (χ1) is 20.7. The van der Waals surface area contributed by atoms with E-state index in [-0.39, 0.29) is 23.4 Å². The Morgan fingerprint density at radius 2 is 1.20 bits per heavy atom. The molecule has 1 saturated heterocycles. The molecule has 246 valence electrons. The average molecular weight is 664 g/mol. The van der Waals surface area contributed by atoms with E-state index in [1.165, 1.54) is 17.7 Å². The summed E-state index contributed by atoms with van der Waals surface area (Å²) in [6, 6.07) is 23.3. The highest BCUT2D eigenvalue weighted by atomic mass is 32.2. The van der Waals surface area contributed by atoms with Gasteiger partial charge in [0.25, 0.3) is 0 Å². The molecule has 0 spiro atoms. The van der Waals surface area contributed by atoms with Crippen molar-refractivity contribution >= 4 is 21.0 Å². The summed E-state index contributed by atoms with van der Waals surface area (Å²) in [6.45, 7) is 17.9. The van der Waals surface area contributed by atoms with Gasteiger partial charge < -0.3 is 14.2 Å². The van der Waals surface area contributed by atoms with Gasteiger partial charge >= 0.3 is 15.4 Å². The fourth-order valence-electron chi connectivity index (χ4n) is 5.47. The van der Waals surface area contributed by atoms with Crippen LogP contribution in [-0.2, 0) is 41.7 Å². The molecule has 45 heavy (non-hydrogen) atoms. The van der Waals surface area contributed by atoms with Gasteiger partial charge in [0.2, 0.25) is 0 Å². The van der Waals surface area contributed by atoms with Crippen LogP contribution in [0.1, 0.15) is 73.4 Å². The van der Waals surface area contributed by atoms with Gasteiger partial charge in [-0.15, -0.1) is 0 Å². The van der Waals surface area contributed by atoms with E-state index in [0.29, 0.717) is 11.8 Å². The molecule has 1 fully saturated rings. The van der Waals surface area contributed by atoms with E-state index in [1.807, 2.05) is 19.1 Å². The second kappa shape index (κ2) is 13.0. The lowest BCUT2D eigenvalue weighted by atomic mass is 9.87. The molecule has 0 amide bonds. The minimum atomic E-state index is -5.63. The van der Waals surface area contributed by atoms with Crippen molar-refractivity contribution in [1.82, 2.24) is 0 Å². The molecule has 0 aromatic heterocycles. The first-order valence-electron chi connectivity index (χ1n) is 15.2. The lowest BCUT2D eigenvalue weighted by Gasteiger charge is -2.33. The van der Waals surface area contributed by atoms with Crippen molar-refractivity contribution in [2.24, 2.45) is 11.8 Å². The van der Waals surface area contributed by atoms with Gasteiger partial charge in [-0.1, -0.05) is 46.8 Å². The Morgan fingerprint density at radius 1 is 0.800 bits per heavy atom. The van der Waals surface area contributed by atoms with Gasteiger partial charge in [-0.2, -0.15) is 17.2 Å². The predicted octanol–water partition coefficient (Wildman–Crippen LogP) is 8.60. The summed E-state index contributed by atoms with van der Waals surface area (Å²) in [6.07, 6.45) is -2.08. The van der Waals surface area contributed by atoms with Gasteiger partial charge in [0.05, 0.1) is 23.1 Å². The Labute approximate surface area is 269 Å².